The van der Waals surface area contributed by atoms with Crippen LogP contribution in [0.15, 0.2) is 83.7 Å². The van der Waals surface area contributed by atoms with Crippen LogP contribution in [0.2, 0.25) is 0 Å². The van der Waals surface area contributed by atoms with Crippen molar-refractivity contribution in [1.82, 2.24) is 10.3 Å². The molecule has 0 saturated carbocycles. The molecule has 4 N–H and O–H groups in total. The lowest BCUT2D eigenvalue weighted by Gasteiger charge is -2.19. The summed E-state index contributed by atoms with van der Waals surface area (Å²) in [6.45, 7) is 1.57. The molecule has 0 aliphatic heterocycles. The molecule has 1 heterocycles. The summed E-state index contributed by atoms with van der Waals surface area (Å²) >= 11 is 0. The first-order valence-corrected chi connectivity index (χ1v) is 12.6. The highest BCUT2D eigenvalue weighted by Gasteiger charge is 2.29. The minimum Gasteiger partial charge on any atom is -0.506 e. The van der Waals surface area contributed by atoms with Crippen LogP contribution < -0.4 is 15.6 Å². The number of aromatic nitrogens is 1. The van der Waals surface area contributed by atoms with Crippen LogP contribution in [0.1, 0.15) is 36.1 Å². The fourth-order valence-electron chi connectivity index (χ4n) is 4.35. The van der Waals surface area contributed by atoms with E-state index in [1.807, 2.05) is 49.4 Å². The van der Waals surface area contributed by atoms with E-state index in [0.29, 0.717) is 28.6 Å². The Labute approximate surface area is 219 Å². The van der Waals surface area contributed by atoms with Crippen molar-refractivity contribution in [2.45, 2.75) is 44.3 Å². The Balaban J connectivity index is 1.25. The molecule has 0 aliphatic carbocycles. The van der Waals surface area contributed by atoms with Crippen LogP contribution in [0.4, 0.5) is 8.78 Å². The number of alkyl halides is 2. The van der Waals surface area contributed by atoms with Gasteiger partial charge in [0.1, 0.15) is 11.5 Å². The number of fused-ring (bicyclic) bond motifs is 1. The molecule has 8 heteroatoms. The summed E-state index contributed by atoms with van der Waals surface area (Å²) in [6.07, 6.45) is -0.185. The molecule has 0 aliphatic rings. The van der Waals surface area contributed by atoms with Crippen molar-refractivity contribution in [2.75, 3.05) is 13.2 Å². The number of aliphatic hydroxyl groups excluding tert-OH is 1. The van der Waals surface area contributed by atoms with Crippen molar-refractivity contribution in [2.24, 2.45) is 0 Å². The molecule has 6 nitrogen and oxygen atoms in total. The van der Waals surface area contributed by atoms with Gasteiger partial charge in [-0.25, -0.2) is 8.78 Å². The molecule has 4 rings (SSSR count). The summed E-state index contributed by atoms with van der Waals surface area (Å²) in [7, 11) is 0. The number of phenols is 1. The Morgan fingerprint density at radius 1 is 0.974 bits per heavy atom. The van der Waals surface area contributed by atoms with Gasteiger partial charge in [0.05, 0.1) is 11.6 Å². The van der Waals surface area contributed by atoms with Crippen LogP contribution in [-0.4, -0.2) is 40.3 Å². The van der Waals surface area contributed by atoms with Gasteiger partial charge in [-0.15, -0.1) is 0 Å². The lowest BCUT2D eigenvalue weighted by atomic mass is 10.0. The minimum absolute atomic E-state index is 0.0157. The van der Waals surface area contributed by atoms with Gasteiger partial charge < -0.3 is 25.3 Å². The summed E-state index contributed by atoms with van der Waals surface area (Å²) in [6, 6.07) is 22.3. The van der Waals surface area contributed by atoms with Crippen LogP contribution >= 0.6 is 0 Å². The lowest BCUT2D eigenvalue weighted by molar-refractivity contribution is -0.0473. The average molecular weight is 523 g/mol. The van der Waals surface area contributed by atoms with Crippen LogP contribution in [0.5, 0.6) is 11.5 Å². The van der Waals surface area contributed by atoms with E-state index in [4.69, 9.17) is 4.74 Å². The monoisotopic (exact) mass is 522 g/mol. The van der Waals surface area contributed by atoms with Crippen molar-refractivity contribution in [3.63, 3.8) is 0 Å². The van der Waals surface area contributed by atoms with Crippen molar-refractivity contribution >= 4 is 10.9 Å². The zero-order valence-electron chi connectivity index (χ0n) is 21.2. The van der Waals surface area contributed by atoms with Gasteiger partial charge in [-0.05, 0) is 60.7 Å². The Kier molecular flexibility index (Phi) is 8.76. The van der Waals surface area contributed by atoms with Gasteiger partial charge in [-0.2, -0.15) is 0 Å². The van der Waals surface area contributed by atoms with Crippen molar-refractivity contribution in [1.29, 1.82) is 0 Å². The molecular weight excluding hydrogens is 490 g/mol. The van der Waals surface area contributed by atoms with Gasteiger partial charge in [0, 0.05) is 30.5 Å². The number of nitrogens with one attached hydrogen (secondary N) is 2. The molecule has 0 fully saturated rings. The van der Waals surface area contributed by atoms with E-state index in [0.717, 1.165) is 11.1 Å². The smallest absolute Gasteiger partial charge is 0.281 e. The van der Waals surface area contributed by atoms with Gasteiger partial charge in [-0.1, -0.05) is 48.5 Å². The molecule has 4 aromatic rings. The van der Waals surface area contributed by atoms with E-state index >= 15 is 0 Å². The summed E-state index contributed by atoms with van der Waals surface area (Å²) in [4.78, 5) is 14.2. The first-order valence-electron chi connectivity index (χ1n) is 12.6. The first kappa shape index (κ1) is 27.3. The Hall–Kier alpha value is -3.75. The predicted molar refractivity (Wildman–Crippen MR) is 144 cm³/mol. The molecule has 3 aromatic carbocycles. The van der Waals surface area contributed by atoms with E-state index in [2.05, 4.69) is 10.3 Å². The number of aromatic amines is 1. The van der Waals surface area contributed by atoms with Crippen molar-refractivity contribution < 1.29 is 23.7 Å². The van der Waals surface area contributed by atoms with Crippen molar-refractivity contribution in [3.05, 3.63) is 106 Å². The van der Waals surface area contributed by atoms with E-state index in [-0.39, 0.29) is 36.7 Å². The number of phenolic OH excluding ortho intramolecular Hbond substituents is 1. The highest BCUT2D eigenvalue weighted by atomic mass is 19.3. The molecule has 1 aromatic heterocycles. The predicted octanol–water partition coefficient (Wildman–Crippen LogP) is 5.13. The Bertz CT molecular complexity index is 1390. The standard InChI is InChI=1S/C30H32F2N2O4/c1-20(33-18-27(36)24-11-13-26(35)29-25(24)12-14-28(37)34-29)17-22-7-9-23(10-8-22)38-19-30(31,32)16-15-21-5-3-2-4-6-21/h2-14,20,27,33,35-36H,15-19H2,1H3,(H,34,37). The Morgan fingerprint density at radius 3 is 2.45 bits per heavy atom. The summed E-state index contributed by atoms with van der Waals surface area (Å²) in [5.41, 5.74) is 2.42. The summed E-state index contributed by atoms with van der Waals surface area (Å²) < 4.78 is 33.9. The van der Waals surface area contributed by atoms with E-state index in [9.17, 15) is 23.8 Å². The van der Waals surface area contributed by atoms with Gasteiger partial charge in [-0.3, -0.25) is 4.79 Å². The maximum Gasteiger partial charge on any atom is 0.281 e. The SMILES string of the molecule is CC(Cc1ccc(OCC(F)(F)CCc2ccccc2)cc1)NCC(O)c1ccc(O)c2[nH]c(=O)ccc12. The third-order valence-electron chi connectivity index (χ3n) is 6.46. The van der Waals surface area contributed by atoms with E-state index < -0.39 is 18.6 Å². The number of benzene rings is 3. The highest BCUT2D eigenvalue weighted by Crippen LogP contribution is 2.28. The molecule has 200 valence electrons. The minimum atomic E-state index is -2.92. The molecule has 0 spiro atoms. The zero-order chi connectivity index (χ0) is 27.1. The lowest BCUT2D eigenvalue weighted by Crippen LogP contribution is -2.32. The third kappa shape index (κ3) is 7.40. The molecule has 0 bridgehead atoms. The number of halogens is 2. The van der Waals surface area contributed by atoms with Crippen LogP contribution in [0, 0.1) is 0 Å². The molecule has 0 amide bonds. The molecular formula is C30H32F2N2O4. The zero-order valence-corrected chi connectivity index (χ0v) is 21.2. The maximum absolute atomic E-state index is 14.3. The second-order valence-electron chi connectivity index (χ2n) is 9.59. The quantitative estimate of drug-likeness (QED) is 0.207. The maximum atomic E-state index is 14.3. The number of rotatable bonds is 12. The van der Waals surface area contributed by atoms with Gasteiger partial charge in [0.2, 0.25) is 5.56 Å². The van der Waals surface area contributed by atoms with E-state index in [1.165, 1.54) is 12.1 Å². The van der Waals surface area contributed by atoms with Crippen LogP contribution in [-0.2, 0) is 12.8 Å². The molecule has 2 atom stereocenters. The highest BCUT2D eigenvalue weighted by molar-refractivity contribution is 5.87. The largest absolute Gasteiger partial charge is 0.506 e. The number of aryl methyl sites for hydroxylation is 1. The molecule has 0 saturated heterocycles. The Morgan fingerprint density at radius 2 is 1.71 bits per heavy atom. The molecule has 2 unspecified atom stereocenters. The second kappa shape index (κ2) is 12.2. The fourth-order valence-corrected chi connectivity index (χ4v) is 4.35. The number of hydrogen-bond acceptors (Lipinski definition) is 5. The topological polar surface area (TPSA) is 94.6 Å². The summed E-state index contributed by atoms with van der Waals surface area (Å²) in [5.74, 6) is -2.59. The number of H-pyrrole nitrogens is 1. The van der Waals surface area contributed by atoms with E-state index in [1.54, 1.807) is 24.3 Å². The third-order valence-corrected chi connectivity index (χ3v) is 6.46. The van der Waals surface area contributed by atoms with Crippen molar-refractivity contribution in [3.8, 4) is 11.5 Å². The van der Waals surface area contributed by atoms with Gasteiger partial charge >= 0.3 is 0 Å². The summed E-state index contributed by atoms with van der Waals surface area (Å²) in [5, 5.41) is 24.6. The molecule has 0 radical (unpaired) electrons. The van der Waals surface area contributed by atoms with Crippen LogP contribution in [0.25, 0.3) is 10.9 Å². The number of pyridine rings is 1. The first-order chi connectivity index (χ1) is 18.2. The number of hydrogen-bond donors (Lipinski definition) is 4. The average Bonchev–Trinajstić information content (AvgIpc) is 2.91. The normalized spacial score (nSPS) is 13.4. The number of aromatic hydroxyl groups is 1. The second-order valence-corrected chi connectivity index (χ2v) is 9.59. The van der Waals surface area contributed by atoms with Gasteiger partial charge in [0.25, 0.3) is 5.92 Å². The number of aliphatic hydroxyl groups is 1. The fraction of sp³-hybridized carbons (Fsp3) is 0.300. The van der Waals surface area contributed by atoms with Gasteiger partial charge in [0.15, 0.2) is 6.61 Å². The number of ether oxygens (including phenoxy) is 1. The van der Waals surface area contributed by atoms with Crippen LogP contribution in [0.3, 0.4) is 0 Å². The molecule has 38 heavy (non-hydrogen) atoms.